The maximum absolute atomic E-state index is 12.6. The molecule has 1 amide bonds. The number of nitrogens with one attached hydrogen (secondary N) is 2. The van der Waals surface area contributed by atoms with Gasteiger partial charge in [-0.3, -0.25) is 23.5 Å². The van der Waals surface area contributed by atoms with E-state index in [0.717, 1.165) is 15.5 Å². The first kappa shape index (κ1) is 20.3. The van der Waals surface area contributed by atoms with Crippen LogP contribution >= 0.6 is 0 Å². The number of amides is 1. The van der Waals surface area contributed by atoms with Crippen LogP contribution in [0.1, 0.15) is 5.56 Å². The summed E-state index contributed by atoms with van der Waals surface area (Å²) in [5.74, 6) is -0.398. The molecule has 31 heavy (non-hydrogen) atoms. The Hall–Kier alpha value is -3.99. The van der Waals surface area contributed by atoms with Crippen molar-refractivity contribution >= 4 is 33.7 Å². The number of nitrogens with zero attached hydrogens (tertiary/aromatic N) is 4. The van der Waals surface area contributed by atoms with Crippen molar-refractivity contribution in [3.63, 3.8) is 0 Å². The molecule has 4 aromatic rings. The second kappa shape index (κ2) is 7.69. The number of carbonyl (C=O) groups is 1. The highest BCUT2D eigenvalue weighted by Gasteiger charge is 2.16. The molecule has 0 saturated carbocycles. The number of anilines is 1. The van der Waals surface area contributed by atoms with Crippen molar-refractivity contribution in [1.29, 1.82) is 0 Å². The number of H-pyrrole nitrogens is 1. The van der Waals surface area contributed by atoms with Gasteiger partial charge >= 0.3 is 5.69 Å². The minimum absolute atomic E-state index is 0.159. The molecule has 11 heteroatoms. The number of hydrogen-bond donors (Lipinski definition) is 2. The second-order valence-corrected chi connectivity index (χ2v) is 7.15. The molecule has 3 aromatic heterocycles. The summed E-state index contributed by atoms with van der Waals surface area (Å²) < 4.78 is 8.75. The van der Waals surface area contributed by atoms with Crippen LogP contribution in [0.3, 0.4) is 0 Å². The summed E-state index contributed by atoms with van der Waals surface area (Å²) in [6.45, 7) is 0.111. The maximum atomic E-state index is 12.6. The topological polar surface area (TPSA) is 133 Å². The number of carbonyl (C=O) groups excluding carboxylic acids is 1. The van der Waals surface area contributed by atoms with Crippen molar-refractivity contribution in [2.45, 2.75) is 13.2 Å². The largest absolute Gasteiger partial charge is 0.380 e. The van der Waals surface area contributed by atoms with Gasteiger partial charge in [0.25, 0.3) is 5.56 Å². The molecule has 3 heterocycles. The van der Waals surface area contributed by atoms with Crippen LogP contribution in [0.15, 0.2) is 45.0 Å². The summed E-state index contributed by atoms with van der Waals surface area (Å²) in [7, 11) is 4.43. The molecule has 0 bridgehead atoms. The van der Waals surface area contributed by atoms with Crippen LogP contribution in [-0.2, 0) is 36.8 Å². The van der Waals surface area contributed by atoms with E-state index in [2.05, 4.69) is 15.3 Å². The predicted octanol–water partition coefficient (Wildman–Crippen LogP) is 0.0603. The van der Waals surface area contributed by atoms with Gasteiger partial charge in [0.15, 0.2) is 11.2 Å². The average molecular weight is 424 g/mol. The van der Waals surface area contributed by atoms with E-state index < -0.39 is 17.2 Å². The van der Waals surface area contributed by atoms with Gasteiger partial charge in [-0.05, 0) is 17.7 Å². The summed E-state index contributed by atoms with van der Waals surface area (Å²) in [6.07, 6.45) is 1.35. The van der Waals surface area contributed by atoms with Crippen LogP contribution in [0, 0.1) is 0 Å². The zero-order chi connectivity index (χ0) is 22.3. The molecular weight excluding hydrogens is 404 g/mol. The Morgan fingerprint density at radius 3 is 2.68 bits per heavy atom. The molecule has 11 nitrogen and oxygen atoms in total. The molecular formula is C20H20N6O5. The van der Waals surface area contributed by atoms with Gasteiger partial charge in [0.05, 0.1) is 18.5 Å². The van der Waals surface area contributed by atoms with Gasteiger partial charge in [-0.2, -0.15) is 0 Å². The molecule has 1 aromatic carbocycles. The Bertz CT molecular complexity index is 1510. The molecule has 0 spiro atoms. The lowest BCUT2D eigenvalue weighted by atomic mass is 10.1. The van der Waals surface area contributed by atoms with Crippen LogP contribution in [0.2, 0.25) is 0 Å². The number of pyridine rings is 1. The molecule has 0 aliphatic rings. The summed E-state index contributed by atoms with van der Waals surface area (Å²) in [4.78, 5) is 55.9. The second-order valence-electron chi connectivity index (χ2n) is 7.15. The number of aryl methyl sites for hydroxylation is 1. The van der Waals surface area contributed by atoms with Crippen LogP contribution in [-0.4, -0.2) is 36.7 Å². The number of ether oxygens (including phenoxy) is 1. The van der Waals surface area contributed by atoms with E-state index in [0.29, 0.717) is 11.2 Å². The SMILES string of the molecule is COCc1cc(=O)[nH]c2cc(NC(=O)Cn3cnc4c3c(=O)n(C)c(=O)n4C)ccc12. The minimum Gasteiger partial charge on any atom is -0.380 e. The molecule has 0 atom stereocenters. The first-order chi connectivity index (χ1) is 14.8. The molecule has 0 unspecified atom stereocenters. The van der Waals surface area contributed by atoms with E-state index in [1.165, 1.54) is 35.6 Å². The lowest BCUT2D eigenvalue weighted by Crippen LogP contribution is -2.37. The Labute approximate surface area is 174 Å². The Morgan fingerprint density at radius 1 is 1.16 bits per heavy atom. The van der Waals surface area contributed by atoms with Gasteiger partial charge < -0.3 is 19.6 Å². The number of methoxy groups -OCH3 is 1. The van der Waals surface area contributed by atoms with Gasteiger partial charge in [-0.15, -0.1) is 0 Å². The number of benzene rings is 1. The highest BCUT2D eigenvalue weighted by Crippen LogP contribution is 2.20. The molecule has 0 saturated heterocycles. The van der Waals surface area contributed by atoms with Gasteiger partial charge in [-0.1, -0.05) is 6.07 Å². The summed E-state index contributed by atoms with van der Waals surface area (Å²) in [5, 5.41) is 3.56. The fraction of sp³-hybridized carbons (Fsp3) is 0.250. The third-order valence-electron chi connectivity index (χ3n) is 5.04. The average Bonchev–Trinajstić information content (AvgIpc) is 3.14. The van der Waals surface area contributed by atoms with Crippen molar-refractivity contribution in [1.82, 2.24) is 23.7 Å². The number of fused-ring (bicyclic) bond motifs is 2. The monoisotopic (exact) mass is 424 g/mol. The van der Waals surface area contributed by atoms with Crippen molar-refractivity contribution in [3.8, 4) is 0 Å². The van der Waals surface area contributed by atoms with Gasteiger partial charge in [0, 0.05) is 38.3 Å². The normalized spacial score (nSPS) is 11.3. The van der Waals surface area contributed by atoms with Crippen LogP contribution < -0.4 is 22.1 Å². The van der Waals surface area contributed by atoms with E-state index in [-0.39, 0.29) is 29.9 Å². The molecule has 0 fully saturated rings. The quantitative estimate of drug-likeness (QED) is 0.466. The van der Waals surface area contributed by atoms with E-state index >= 15 is 0 Å². The van der Waals surface area contributed by atoms with Crippen LogP contribution in [0.5, 0.6) is 0 Å². The number of rotatable bonds is 5. The fourth-order valence-electron chi connectivity index (χ4n) is 3.56. The minimum atomic E-state index is -0.530. The summed E-state index contributed by atoms with van der Waals surface area (Å²) in [5.41, 5.74) is 0.853. The highest BCUT2D eigenvalue weighted by molar-refractivity contribution is 5.94. The van der Waals surface area contributed by atoms with Crippen LogP contribution in [0.4, 0.5) is 5.69 Å². The number of imidazole rings is 1. The summed E-state index contributed by atoms with van der Waals surface area (Å²) >= 11 is 0. The Balaban J connectivity index is 1.64. The van der Waals surface area contributed by atoms with E-state index in [4.69, 9.17) is 4.74 Å². The molecule has 4 rings (SSSR count). The first-order valence-electron chi connectivity index (χ1n) is 9.35. The van der Waals surface area contributed by atoms with E-state index in [1.54, 1.807) is 25.3 Å². The molecule has 160 valence electrons. The fourth-order valence-corrected chi connectivity index (χ4v) is 3.56. The van der Waals surface area contributed by atoms with E-state index in [1.807, 2.05) is 0 Å². The lowest BCUT2D eigenvalue weighted by molar-refractivity contribution is -0.116. The number of hydrogen-bond acceptors (Lipinski definition) is 6. The Morgan fingerprint density at radius 2 is 1.94 bits per heavy atom. The van der Waals surface area contributed by atoms with E-state index in [9.17, 15) is 19.2 Å². The molecule has 0 aliphatic heterocycles. The Kier molecular flexibility index (Phi) is 5.03. The third-order valence-corrected chi connectivity index (χ3v) is 5.04. The maximum Gasteiger partial charge on any atom is 0.332 e. The number of aromatic nitrogens is 5. The van der Waals surface area contributed by atoms with Crippen molar-refractivity contribution < 1.29 is 9.53 Å². The van der Waals surface area contributed by atoms with Crippen molar-refractivity contribution in [2.75, 3.05) is 12.4 Å². The van der Waals surface area contributed by atoms with Crippen molar-refractivity contribution in [3.05, 3.63) is 67.3 Å². The molecule has 0 radical (unpaired) electrons. The first-order valence-corrected chi connectivity index (χ1v) is 9.35. The van der Waals surface area contributed by atoms with Gasteiger partial charge in [0.1, 0.15) is 6.54 Å². The summed E-state index contributed by atoms with van der Waals surface area (Å²) in [6, 6.07) is 6.63. The predicted molar refractivity (Wildman–Crippen MR) is 114 cm³/mol. The number of aromatic amines is 1. The zero-order valence-electron chi connectivity index (χ0n) is 17.1. The highest BCUT2D eigenvalue weighted by atomic mass is 16.5. The van der Waals surface area contributed by atoms with Crippen LogP contribution in [0.25, 0.3) is 22.1 Å². The van der Waals surface area contributed by atoms with Crippen molar-refractivity contribution in [2.24, 2.45) is 14.1 Å². The molecule has 2 N–H and O–H groups in total. The zero-order valence-corrected chi connectivity index (χ0v) is 17.1. The molecule has 0 aliphatic carbocycles. The van der Waals surface area contributed by atoms with Gasteiger partial charge in [-0.25, -0.2) is 9.78 Å². The third kappa shape index (κ3) is 3.55. The smallest absolute Gasteiger partial charge is 0.332 e. The standard InChI is InChI=1S/C20H20N6O5/c1-24-18-17(19(29)25(2)20(24)30)26(10-21-18)8-16(28)22-12-4-5-13-11(9-31-3)6-15(27)23-14(13)7-12/h4-7,10H,8-9H2,1-3H3,(H,22,28)(H,23,27). The van der Waals surface area contributed by atoms with Gasteiger partial charge in [0.2, 0.25) is 11.5 Å². The lowest BCUT2D eigenvalue weighted by Gasteiger charge is -2.10.